The van der Waals surface area contributed by atoms with Gasteiger partial charge in [0.1, 0.15) is 5.75 Å². The average Bonchev–Trinajstić information content (AvgIpc) is 2.51. The molecule has 1 fully saturated rings. The number of aliphatic hydroxyl groups excluding tert-OH is 1. The summed E-state index contributed by atoms with van der Waals surface area (Å²) in [5, 5.41) is 21.8. The van der Waals surface area contributed by atoms with E-state index in [4.69, 9.17) is 0 Å². The zero-order valence-corrected chi connectivity index (χ0v) is 12.0. The van der Waals surface area contributed by atoms with Crippen LogP contribution in [0.1, 0.15) is 34.9 Å². The van der Waals surface area contributed by atoms with Crippen LogP contribution in [0.2, 0.25) is 0 Å². The highest BCUT2D eigenvalue weighted by Gasteiger charge is 2.36. The molecule has 5 heteroatoms. The highest BCUT2D eigenvalue weighted by atomic mass is 16.3. The number of aromatic nitrogens is 1. The third kappa shape index (κ3) is 3.09. The second-order valence-electron chi connectivity index (χ2n) is 5.64. The molecule has 0 unspecified atom stereocenters. The number of hydrogen-bond donors (Lipinski definition) is 3. The van der Waals surface area contributed by atoms with Crippen molar-refractivity contribution in [3.63, 3.8) is 0 Å². The topological polar surface area (TPSA) is 82.5 Å². The number of amides is 1. The van der Waals surface area contributed by atoms with Crippen LogP contribution >= 0.6 is 0 Å². The maximum atomic E-state index is 12.4. The molecule has 3 N–H and O–H groups in total. The van der Waals surface area contributed by atoms with E-state index in [1.54, 1.807) is 18.3 Å². The largest absolute Gasteiger partial charge is 0.508 e. The molecule has 2 aromatic rings. The van der Waals surface area contributed by atoms with Crippen molar-refractivity contribution in [1.82, 2.24) is 10.3 Å². The van der Waals surface area contributed by atoms with E-state index < -0.39 is 0 Å². The number of phenolic OH excluding ortho intramolecular Hbond substituents is 1. The van der Waals surface area contributed by atoms with Crippen LogP contribution in [-0.4, -0.2) is 27.2 Å². The van der Waals surface area contributed by atoms with Crippen LogP contribution in [0.25, 0.3) is 0 Å². The molecular weight excluding hydrogens is 280 g/mol. The van der Waals surface area contributed by atoms with Crippen molar-refractivity contribution in [3.8, 4) is 5.75 Å². The van der Waals surface area contributed by atoms with Gasteiger partial charge in [0, 0.05) is 11.8 Å². The van der Waals surface area contributed by atoms with Gasteiger partial charge in [-0.3, -0.25) is 9.78 Å². The molecule has 5 nitrogen and oxygen atoms in total. The van der Waals surface area contributed by atoms with Crippen LogP contribution in [0, 0.1) is 5.92 Å². The lowest BCUT2D eigenvalue weighted by Crippen LogP contribution is -2.41. The van der Waals surface area contributed by atoms with E-state index in [1.165, 1.54) is 12.1 Å². The van der Waals surface area contributed by atoms with E-state index in [2.05, 4.69) is 10.3 Å². The first kappa shape index (κ1) is 14.5. The van der Waals surface area contributed by atoms with E-state index in [-0.39, 0.29) is 29.7 Å². The van der Waals surface area contributed by atoms with Gasteiger partial charge in [0.25, 0.3) is 5.91 Å². The minimum absolute atomic E-state index is 0.125. The molecule has 22 heavy (non-hydrogen) atoms. The van der Waals surface area contributed by atoms with E-state index >= 15 is 0 Å². The molecular formula is C17H18N2O3. The van der Waals surface area contributed by atoms with Gasteiger partial charge in [0.2, 0.25) is 0 Å². The van der Waals surface area contributed by atoms with Crippen molar-refractivity contribution < 1.29 is 15.0 Å². The molecule has 1 saturated carbocycles. The number of pyridine rings is 1. The number of phenols is 1. The van der Waals surface area contributed by atoms with E-state index in [0.29, 0.717) is 18.4 Å². The van der Waals surface area contributed by atoms with Crippen molar-refractivity contribution in [2.75, 3.05) is 0 Å². The summed E-state index contributed by atoms with van der Waals surface area (Å²) < 4.78 is 0. The summed E-state index contributed by atoms with van der Waals surface area (Å²) in [7, 11) is 0. The lowest BCUT2D eigenvalue weighted by Gasteiger charge is -2.37. The first-order valence-electron chi connectivity index (χ1n) is 7.32. The van der Waals surface area contributed by atoms with Gasteiger partial charge in [-0.15, -0.1) is 0 Å². The molecule has 0 saturated heterocycles. The molecule has 0 radical (unpaired) electrons. The smallest absolute Gasteiger partial charge is 0.251 e. The number of nitrogens with zero attached hydrogens (tertiary/aromatic N) is 1. The van der Waals surface area contributed by atoms with Gasteiger partial charge in [0.05, 0.1) is 17.8 Å². The van der Waals surface area contributed by atoms with Gasteiger partial charge in [-0.1, -0.05) is 6.07 Å². The first-order chi connectivity index (χ1) is 10.6. The van der Waals surface area contributed by atoms with Gasteiger partial charge < -0.3 is 15.5 Å². The van der Waals surface area contributed by atoms with Crippen LogP contribution in [0.15, 0.2) is 48.7 Å². The van der Waals surface area contributed by atoms with Crippen LogP contribution < -0.4 is 5.32 Å². The molecule has 3 rings (SSSR count). The summed E-state index contributed by atoms with van der Waals surface area (Å²) in [5.41, 5.74) is 1.28. The molecule has 1 atom stereocenters. The van der Waals surface area contributed by atoms with Gasteiger partial charge in [-0.2, -0.15) is 0 Å². The van der Waals surface area contributed by atoms with Gasteiger partial charge in [0.15, 0.2) is 0 Å². The molecule has 1 heterocycles. The maximum Gasteiger partial charge on any atom is 0.251 e. The molecule has 0 spiro atoms. The normalized spacial score (nSPS) is 21.7. The third-order valence-electron chi connectivity index (χ3n) is 4.04. The number of nitrogens with one attached hydrogen (secondary N) is 1. The fourth-order valence-electron chi connectivity index (χ4n) is 2.73. The molecule has 1 aliphatic rings. The number of benzene rings is 1. The van der Waals surface area contributed by atoms with Gasteiger partial charge >= 0.3 is 0 Å². The Balaban J connectivity index is 1.78. The average molecular weight is 298 g/mol. The summed E-state index contributed by atoms with van der Waals surface area (Å²) in [6.45, 7) is 0. The molecule has 1 aromatic heterocycles. The summed E-state index contributed by atoms with van der Waals surface area (Å²) >= 11 is 0. The predicted molar refractivity (Wildman–Crippen MR) is 81.3 cm³/mol. The summed E-state index contributed by atoms with van der Waals surface area (Å²) in [4.78, 5) is 16.7. The fourth-order valence-corrected chi connectivity index (χ4v) is 2.73. The Kier molecular flexibility index (Phi) is 4.06. The molecule has 0 aliphatic heterocycles. The Hall–Kier alpha value is -2.40. The van der Waals surface area contributed by atoms with Crippen molar-refractivity contribution >= 4 is 5.91 Å². The van der Waals surface area contributed by atoms with Crippen molar-refractivity contribution in [1.29, 1.82) is 0 Å². The molecule has 1 amide bonds. The minimum atomic E-state index is -0.290. The lowest BCUT2D eigenvalue weighted by atomic mass is 9.76. The fraction of sp³-hybridized carbons (Fsp3) is 0.294. The van der Waals surface area contributed by atoms with Crippen molar-refractivity contribution in [3.05, 3.63) is 59.9 Å². The van der Waals surface area contributed by atoms with Crippen molar-refractivity contribution in [2.24, 2.45) is 5.92 Å². The number of hydrogen-bond acceptors (Lipinski definition) is 4. The quantitative estimate of drug-likeness (QED) is 0.806. The SMILES string of the molecule is O=C(N[C@@H](c1ccccn1)C1CC(O)C1)c1ccc(O)cc1. The standard InChI is InChI=1S/C17H18N2O3/c20-13-6-4-11(5-7-13)17(22)19-16(12-9-14(21)10-12)15-3-1-2-8-18-15/h1-8,12,14,16,20-21H,9-10H2,(H,19,22)/t12?,14?,16-/m1/s1. The number of carbonyl (C=O) groups is 1. The van der Waals surface area contributed by atoms with Gasteiger partial charge in [-0.25, -0.2) is 0 Å². The number of aliphatic hydroxyl groups is 1. The summed E-state index contributed by atoms with van der Waals surface area (Å²) in [6, 6.07) is 11.5. The van der Waals surface area contributed by atoms with E-state index in [9.17, 15) is 15.0 Å². The second kappa shape index (κ2) is 6.15. The first-order valence-corrected chi connectivity index (χ1v) is 7.32. The zero-order chi connectivity index (χ0) is 15.5. The Morgan fingerprint density at radius 3 is 2.50 bits per heavy atom. The monoisotopic (exact) mass is 298 g/mol. The van der Waals surface area contributed by atoms with Crippen LogP contribution in [0.4, 0.5) is 0 Å². The Morgan fingerprint density at radius 1 is 1.18 bits per heavy atom. The van der Waals surface area contributed by atoms with Gasteiger partial charge in [-0.05, 0) is 55.2 Å². The van der Waals surface area contributed by atoms with Crippen LogP contribution in [-0.2, 0) is 0 Å². The zero-order valence-electron chi connectivity index (χ0n) is 12.0. The molecule has 114 valence electrons. The van der Waals surface area contributed by atoms with Crippen molar-refractivity contribution in [2.45, 2.75) is 25.0 Å². The maximum absolute atomic E-state index is 12.4. The van der Waals surface area contributed by atoms with Crippen LogP contribution in [0.5, 0.6) is 5.75 Å². The number of rotatable bonds is 4. The van der Waals surface area contributed by atoms with E-state index in [1.807, 2.05) is 18.2 Å². The summed E-state index contributed by atoms with van der Waals surface area (Å²) in [5.74, 6) is 0.1000. The van der Waals surface area contributed by atoms with E-state index in [0.717, 1.165) is 5.69 Å². The second-order valence-corrected chi connectivity index (χ2v) is 5.64. The molecule has 1 aliphatic carbocycles. The number of carbonyl (C=O) groups excluding carboxylic acids is 1. The lowest BCUT2D eigenvalue weighted by molar-refractivity contribution is 0.0228. The predicted octanol–water partition coefficient (Wildman–Crippen LogP) is 2.03. The Bertz CT molecular complexity index is 637. The van der Waals surface area contributed by atoms with Crippen LogP contribution in [0.3, 0.4) is 0 Å². The minimum Gasteiger partial charge on any atom is -0.508 e. The third-order valence-corrected chi connectivity index (χ3v) is 4.04. The molecule has 1 aromatic carbocycles. The molecule has 0 bridgehead atoms. The highest BCUT2D eigenvalue weighted by Crippen LogP contribution is 2.37. The highest BCUT2D eigenvalue weighted by molar-refractivity contribution is 5.94. The summed E-state index contributed by atoms with van der Waals surface area (Å²) in [6.07, 6.45) is 2.74. The Morgan fingerprint density at radius 2 is 1.91 bits per heavy atom. The Labute approximate surface area is 128 Å². The number of aromatic hydroxyl groups is 1.